The van der Waals surface area contributed by atoms with Gasteiger partial charge in [-0.1, -0.05) is 5.16 Å². The first-order chi connectivity index (χ1) is 22.9. The van der Waals surface area contributed by atoms with Gasteiger partial charge >= 0.3 is 16.3 Å². The molecular formula is C26H29N11O9S2. The van der Waals surface area contributed by atoms with Gasteiger partial charge in [0.2, 0.25) is 0 Å². The van der Waals surface area contributed by atoms with E-state index >= 15 is 0 Å². The summed E-state index contributed by atoms with van der Waals surface area (Å²) in [6, 6.07) is 4.02. The van der Waals surface area contributed by atoms with Crippen molar-refractivity contribution in [3.8, 4) is 5.75 Å². The van der Waals surface area contributed by atoms with Crippen molar-refractivity contribution in [2.75, 3.05) is 25.4 Å². The number of fused-ring (bicyclic) bond motifs is 1. The number of aliphatic carboxylic acids is 1. The molecule has 1 aliphatic carbocycles. The van der Waals surface area contributed by atoms with Crippen LogP contribution in [0.4, 0.5) is 5.13 Å². The second-order valence-corrected chi connectivity index (χ2v) is 13.2. The van der Waals surface area contributed by atoms with Crippen LogP contribution >= 0.6 is 11.3 Å². The third-order valence-corrected chi connectivity index (χ3v) is 9.58. The first-order valence-corrected chi connectivity index (χ1v) is 16.6. The Labute approximate surface area is 275 Å². The highest BCUT2D eigenvalue weighted by Crippen LogP contribution is 2.44. The van der Waals surface area contributed by atoms with E-state index < -0.39 is 58.6 Å². The van der Waals surface area contributed by atoms with Gasteiger partial charge in [-0.05, 0) is 24.3 Å². The van der Waals surface area contributed by atoms with Crippen LogP contribution in [0.2, 0.25) is 0 Å². The summed E-state index contributed by atoms with van der Waals surface area (Å²) in [5.41, 5.74) is 11.9. The number of ether oxygens (including phenoxy) is 1. The number of oxime groups is 1. The Morgan fingerprint density at radius 3 is 2.56 bits per heavy atom. The lowest BCUT2D eigenvalue weighted by atomic mass is 9.98. The zero-order valence-electron chi connectivity index (χ0n) is 24.7. The summed E-state index contributed by atoms with van der Waals surface area (Å²) < 4.78 is 40.2. The molecule has 254 valence electrons. The molecule has 2 aliphatic heterocycles. The monoisotopic (exact) mass is 703 g/mol. The molecule has 8 N–H and O–H groups in total. The molecule has 48 heavy (non-hydrogen) atoms. The first kappa shape index (κ1) is 32.7. The minimum Gasteiger partial charge on any atom is -0.489 e. The Bertz CT molecular complexity index is 1850. The summed E-state index contributed by atoms with van der Waals surface area (Å²) in [6.07, 6.45) is 0.700. The number of anilines is 1. The number of nitrogens with one attached hydrogen (secondary N) is 2. The van der Waals surface area contributed by atoms with Crippen LogP contribution in [0.3, 0.4) is 0 Å². The molecule has 1 saturated carbocycles. The number of hydrogen-bond acceptors (Lipinski definition) is 15. The third kappa shape index (κ3) is 6.90. The molecule has 0 radical (unpaired) electrons. The van der Waals surface area contributed by atoms with E-state index in [9.17, 15) is 32.5 Å². The summed E-state index contributed by atoms with van der Waals surface area (Å²) in [7, 11) is -4.98. The van der Waals surface area contributed by atoms with Crippen LogP contribution in [0.15, 0.2) is 52.4 Å². The second kappa shape index (κ2) is 13.1. The van der Waals surface area contributed by atoms with Gasteiger partial charge in [0.15, 0.2) is 10.8 Å². The van der Waals surface area contributed by atoms with Crippen molar-refractivity contribution < 1.29 is 42.0 Å². The van der Waals surface area contributed by atoms with E-state index in [0.29, 0.717) is 29.0 Å². The Balaban J connectivity index is 1.13. The van der Waals surface area contributed by atoms with Crippen molar-refractivity contribution in [1.29, 1.82) is 0 Å². The molecule has 22 heteroatoms. The summed E-state index contributed by atoms with van der Waals surface area (Å²) in [4.78, 5) is 55.6. The first-order valence-electron chi connectivity index (χ1n) is 14.3. The number of nitrogens with two attached hydrogens (primary N) is 2. The quantitative estimate of drug-likeness (QED) is 0.0338. The molecule has 3 aliphatic rings. The van der Waals surface area contributed by atoms with E-state index in [4.69, 9.17) is 21.0 Å². The van der Waals surface area contributed by atoms with Crippen molar-refractivity contribution in [3.63, 3.8) is 0 Å². The molecule has 3 fully saturated rings. The summed E-state index contributed by atoms with van der Waals surface area (Å²) >= 11 is 0.941. The second-order valence-electron chi connectivity index (χ2n) is 11.0. The van der Waals surface area contributed by atoms with Gasteiger partial charge in [0, 0.05) is 35.9 Å². The van der Waals surface area contributed by atoms with Gasteiger partial charge in [-0.2, -0.15) is 13.5 Å². The standard InChI is InChI=1S/C26H29N11O9S2/c27-22(33-19-14-5-29-6-15(14)19)12-1-3-13(4-2-12)45-8-18(25(40)41)46-35-20(16-9-47-26(28)32-16)23(38)34-21-17(7-36-11-30-10-31-36)37(24(21)39)48(42,43)44/h1-4,9-11,14-15,17-19,21,29H,5-8H2,(H2,27,33)(H2,28,32)(H,34,38)(H,40,41)(H,42,43,44). The maximum atomic E-state index is 13.4. The number of β-lactam (4-membered cyclic amide) rings is 1. The number of amidine groups is 1. The van der Waals surface area contributed by atoms with Gasteiger partial charge in [-0.25, -0.2) is 19.1 Å². The minimum absolute atomic E-state index is 0.0380. The largest absolute Gasteiger partial charge is 0.489 e. The van der Waals surface area contributed by atoms with Crippen LogP contribution in [0.25, 0.3) is 0 Å². The number of benzene rings is 1. The lowest BCUT2D eigenvalue weighted by Gasteiger charge is -2.43. The van der Waals surface area contributed by atoms with Gasteiger partial charge in [-0.15, -0.1) is 11.3 Å². The number of aromatic nitrogens is 4. The fraction of sp³-hybridized carbons (Fsp3) is 0.385. The Kier molecular flexibility index (Phi) is 8.96. The highest BCUT2D eigenvalue weighted by Gasteiger charge is 2.55. The summed E-state index contributed by atoms with van der Waals surface area (Å²) in [5.74, 6) is -1.97. The number of aliphatic imine (C=N–C) groups is 1. The number of hydrogen-bond donors (Lipinski definition) is 6. The van der Waals surface area contributed by atoms with E-state index in [-0.39, 0.29) is 27.7 Å². The van der Waals surface area contributed by atoms with Crippen LogP contribution in [0.1, 0.15) is 11.3 Å². The Morgan fingerprint density at radius 1 is 1.23 bits per heavy atom. The molecule has 6 rings (SSSR count). The van der Waals surface area contributed by atoms with Gasteiger partial charge in [0.1, 0.15) is 42.6 Å². The number of amides is 2. The average molecular weight is 704 g/mol. The normalized spacial score (nSPS) is 24.4. The Morgan fingerprint density at radius 2 is 1.96 bits per heavy atom. The maximum absolute atomic E-state index is 13.4. The van der Waals surface area contributed by atoms with Crippen LogP contribution in [0.5, 0.6) is 5.75 Å². The molecule has 0 bridgehead atoms. The number of carbonyl (C=O) groups excluding carboxylic acids is 2. The highest BCUT2D eigenvalue weighted by molar-refractivity contribution is 7.84. The number of thiazole rings is 1. The van der Waals surface area contributed by atoms with E-state index in [2.05, 4.69) is 35.8 Å². The van der Waals surface area contributed by atoms with E-state index in [0.717, 1.165) is 24.4 Å². The lowest BCUT2D eigenvalue weighted by Crippen LogP contribution is -2.73. The molecule has 20 nitrogen and oxygen atoms in total. The van der Waals surface area contributed by atoms with Crippen molar-refractivity contribution >= 4 is 56.1 Å². The van der Waals surface area contributed by atoms with Gasteiger partial charge in [0.05, 0.1) is 18.6 Å². The van der Waals surface area contributed by atoms with E-state index in [1.165, 1.54) is 22.7 Å². The zero-order valence-corrected chi connectivity index (χ0v) is 26.3. The molecule has 2 amide bonds. The van der Waals surface area contributed by atoms with Crippen molar-refractivity contribution in [1.82, 2.24) is 34.7 Å². The van der Waals surface area contributed by atoms with Crippen LogP contribution in [0, 0.1) is 11.8 Å². The molecular weight excluding hydrogens is 674 g/mol. The van der Waals surface area contributed by atoms with Crippen molar-refractivity contribution in [3.05, 3.63) is 53.6 Å². The Hall–Kier alpha value is -5.19. The predicted octanol–water partition coefficient (Wildman–Crippen LogP) is -2.31. The number of piperidine rings is 1. The van der Waals surface area contributed by atoms with Crippen molar-refractivity contribution in [2.24, 2.45) is 27.7 Å². The fourth-order valence-corrected chi connectivity index (χ4v) is 6.86. The molecule has 4 heterocycles. The average Bonchev–Trinajstić information content (AvgIpc) is 3.57. The molecule has 5 atom stereocenters. The number of carboxylic acid groups (broad SMARTS) is 1. The van der Waals surface area contributed by atoms with Gasteiger partial charge in [-0.3, -0.25) is 23.8 Å². The number of nitrogens with zero attached hydrogens (tertiary/aromatic N) is 7. The van der Waals surface area contributed by atoms with Gasteiger partial charge < -0.3 is 36.8 Å². The van der Waals surface area contributed by atoms with Crippen LogP contribution in [-0.2, 0) is 36.1 Å². The third-order valence-electron chi connectivity index (χ3n) is 7.96. The van der Waals surface area contributed by atoms with Gasteiger partial charge in [0.25, 0.3) is 17.9 Å². The molecule has 3 aromatic rings. The van der Waals surface area contributed by atoms with E-state index in [1.807, 2.05) is 0 Å². The molecule has 2 aromatic heterocycles. The van der Waals surface area contributed by atoms with Crippen molar-refractivity contribution in [2.45, 2.75) is 30.8 Å². The summed E-state index contributed by atoms with van der Waals surface area (Å²) in [6.45, 7) is 1.07. The number of carboxylic acids is 1. The maximum Gasteiger partial charge on any atom is 0.362 e. The predicted molar refractivity (Wildman–Crippen MR) is 166 cm³/mol. The number of nitrogen functional groups attached to an aromatic ring is 1. The molecule has 0 spiro atoms. The fourth-order valence-electron chi connectivity index (χ4n) is 5.44. The number of rotatable bonds is 14. The lowest BCUT2D eigenvalue weighted by molar-refractivity contribution is -0.152. The minimum atomic E-state index is -4.98. The zero-order chi connectivity index (χ0) is 34.2. The summed E-state index contributed by atoms with van der Waals surface area (Å²) in [5, 5.41) is 24.3. The number of carbonyl (C=O) groups is 3. The smallest absolute Gasteiger partial charge is 0.362 e. The van der Waals surface area contributed by atoms with E-state index in [1.54, 1.807) is 24.3 Å². The highest BCUT2D eigenvalue weighted by atomic mass is 32.2. The molecule has 1 aromatic carbocycles. The van der Waals surface area contributed by atoms with Crippen LogP contribution < -0.4 is 26.8 Å². The SMILES string of the molecule is NC(=NC1C2CNCC21)c1ccc(OCC(ON=C(C(=O)NC2C(=O)N(S(=O)(=O)O)C2Cn2cncn2)c2csc(N)n2)C(=O)O)cc1. The van der Waals surface area contributed by atoms with Crippen LogP contribution in [-0.4, -0.2) is 115 Å². The molecule has 2 saturated heterocycles. The topological polar surface area (TPSA) is 292 Å². The molecule has 5 unspecified atom stereocenters.